The van der Waals surface area contributed by atoms with Gasteiger partial charge >= 0.3 is 5.97 Å². The minimum atomic E-state index is -3.85. The Hall–Kier alpha value is -3.56. The molecule has 0 aliphatic carbocycles. The average Bonchev–Trinajstić information content (AvgIpc) is 2.95. The third kappa shape index (κ3) is 7.40. The summed E-state index contributed by atoms with van der Waals surface area (Å²) < 4.78 is 32.8. The molecule has 0 bridgehead atoms. The number of aryl methyl sites for hydroxylation is 1. The predicted octanol–water partition coefficient (Wildman–Crippen LogP) is 5.19. The molecule has 0 saturated heterocycles. The molecule has 4 rings (SSSR count). The van der Waals surface area contributed by atoms with Gasteiger partial charge in [-0.25, -0.2) is 13.2 Å². The Morgan fingerprint density at radius 1 is 0.951 bits per heavy atom. The molecule has 0 spiro atoms. The van der Waals surface area contributed by atoms with E-state index in [4.69, 9.17) is 4.74 Å². The largest absolute Gasteiger partial charge is 0.465 e. The van der Waals surface area contributed by atoms with Gasteiger partial charge in [-0.2, -0.15) is 4.31 Å². The number of likely N-dealkylation sites (N-methyl/N-ethyl adjacent to an activating group) is 1. The molecule has 41 heavy (non-hydrogen) atoms. The van der Waals surface area contributed by atoms with E-state index in [1.54, 1.807) is 30.3 Å². The highest BCUT2D eigenvalue weighted by molar-refractivity contribution is 7.89. The summed E-state index contributed by atoms with van der Waals surface area (Å²) in [7, 11) is -1.05. The van der Waals surface area contributed by atoms with Crippen LogP contribution in [0, 0.1) is 6.92 Å². The molecule has 0 radical (unpaired) electrons. The summed E-state index contributed by atoms with van der Waals surface area (Å²) in [6.07, 6.45) is -0.145. The molecule has 0 fully saturated rings. The molecular formula is C33H38N2O5S. The summed E-state index contributed by atoms with van der Waals surface area (Å²) in [5.41, 5.74) is 3.56. The van der Waals surface area contributed by atoms with Crippen LogP contribution in [0.1, 0.15) is 35.3 Å². The first-order valence-corrected chi connectivity index (χ1v) is 15.0. The second kappa shape index (κ2) is 12.5. The van der Waals surface area contributed by atoms with Gasteiger partial charge in [0.1, 0.15) is 0 Å². The maximum absolute atomic E-state index is 13.4. The van der Waals surface area contributed by atoms with Gasteiger partial charge in [0.05, 0.1) is 23.7 Å². The highest BCUT2D eigenvalue weighted by atomic mass is 32.2. The lowest BCUT2D eigenvalue weighted by Crippen LogP contribution is -2.47. The molecule has 2 N–H and O–H groups in total. The number of hydrogen-bond donors (Lipinski definition) is 2. The Balaban J connectivity index is 1.39. The van der Waals surface area contributed by atoms with Gasteiger partial charge in [0.15, 0.2) is 0 Å². The molecule has 0 aromatic heterocycles. The van der Waals surface area contributed by atoms with Crippen LogP contribution in [0.2, 0.25) is 0 Å². The van der Waals surface area contributed by atoms with Gasteiger partial charge in [-0.1, -0.05) is 66.7 Å². The van der Waals surface area contributed by atoms with E-state index in [0.29, 0.717) is 11.1 Å². The number of rotatable bonds is 11. The first-order chi connectivity index (χ1) is 19.4. The topological polar surface area (TPSA) is 95.9 Å². The maximum Gasteiger partial charge on any atom is 0.338 e. The Bertz CT molecular complexity index is 1650. The SMILES string of the molecule is COC(=O)c1ccc(-c2cccc(S(=O)(=O)N(C)C[C@@H](O)CNC(C)(C)Cc3ccc4ccccc4c3)c2)cc1C. The van der Waals surface area contributed by atoms with Crippen LogP contribution in [0.4, 0.5) is 0 Å². The summed E-state index contributed by atoms with van der Waals surface area (Å²) >= 11 is 0. The lowest BCUT2D eigenvalue weighted by atomic mass is 9.93. The molecule has 0 aliphatic rings. The van der Waals surface area contributed by atoms with E-state index in [1.807, 2.05) is 31.2 Å². The third-order valence-corrected chi connectivity index (χ3v) is 9.07. The van der Waals surface area contributed by atoms with Gasteiger partial charge in [0.2, 0.25) is 10.0 Å². The van der Waals surface area contributed by atoms with Crippen LogP contribution >= 0.6 is 0 Å². The van der Waals surface area contributed by atoms with Crippen LogP contribution in [0.25, 0.3) is 21.9 Å². The van der Waals surface area contributed by atoms with Crippen LogP contribution < -0.4 is 5.32 Å². The fourth-order valence-electron chi connectivity index (χ4n) is 4.97. The predicted molar refractivity (Wildman–Crippen MR) is 164 cm³/mol. The summed E-state index contributed by atoms with van der Waals surface area (Å²) in [5.74, 6) is -0.419. The van der Waals surface area contributed by atoms with Crippen molar-refractivity contribution in [1.82, 2.24) is 9.62 Å². The van der Waals surface area contributed by atoms with Crippen molar-refractivity contribution in [3.8, 4) is 11.1 Å². The van der Waals surface area contributed by atoms with Crippen molar-refractivity contribution in [3.05, 3.63) is 102 Å². The van der Waals surface area contributed by atoms with Crippen LogP contribution in [0.3, 0.4) is 0 Å². The number of nitrogens with zero attached hydrogens (tertiary/aromatic N) is 1. The normalized spacial score (nSPS) is 13.0. The number of carbonyl (C=O) groups is 1. The lowest BCUT2D eigenvalue weighted by Gasteiger charge is -2.29. The van der Waals surface area contributed by atoms with Gasteiger partial charge in [0, 0.05) is 25.7 Å². The van der Waals surface area contributed by atoms with Crippen LogP contribution in [0.15, 0.2) is 89.8 Å². The van der Waals surface area contributed by atoms with Gasteiger partial charge in [0.25, 0.3) is 0 Å². The first kappa shape index (κ1) is 30.4. The lowest BCUT2D eigenvalue weighted by molar-refractivity contribution is 0.0600. The van der Waals surface area contributed by atoms with Crippen molar-refractivity contribution in [2.75, 3.05) is 27.2 Å². The molecule has 1 atom stereocenters. The van der Waals surface area contributed by atoms with E-state index >= 15 is 0 Å². The van der Waals surface area contributed by atoms with E-state index < -0.39 is 22.1 Å². The van der Waals surface area contributed by atoms with Crippen molar-refractivity contribution in [3.63, 3.8) is 0 Å². The summed E-state index contributed by atoms with van der Waals surface area (Å²) in [4.78, 5) is 12.1. The zero-order chi connectivity index (χ0) is 29.8. The zero-order valence-electron chi connectivity index (χ0n) is 24.2. The Labute approximate surface area is 242 Å². The van der Waals surface area contributed by atoms with Crippen molar-refractivity contribution in [1.29, 1.82) is 0 Å². The Kier molecular flexibility index (Phi) is 9.29. The van der Waals surface area contributed by atoms with E-state index in [2.05, 4.69) is 49.5 Å². The van der Waals surface area contributed by atoms with E-state index in [9.17, 15) is 18.3 Å². The summed E-state index contributed by atoms with van der Waals surface area (Å²) in [6, 6.07) is 26.6. The number of aliphatic hydroxyl groups is 1. The smallest absolute Gasteiger partial charge is 0.338 e. The molecule has 7 nitrogen and oxygen atoms in total. The number of fused-ring (bicyclic) bond motifs is 1. The molecule has 0 amide bonds. The fourth-order valence-corrected chi connectivity index (χ4v) is 6.23. The third-order valence-electron chi connectivity index (χ3n) is 7.25. The van der Waals surface area contributed by atoms with Crippen molar-refractivity contribution >= 4 is 26.8 Å². The number of β-amino-alcohol motifs (C(OH)–C–C–N with tert-alkyl or cyclic N) is 1. The highest BCUT2D eigenvalue weighted by Crippen LogP contribution is 2.26. The molecule has 0 heterocycles. The maximum atomic E-state index is 13.4. The summed E-state index contributed by atoms with van der Waals surface area (Å²) in [5, 5.41) is 16.5. The second-order valence-electron chi connectivity index (χ2n) is 11.1. The molecule has 4 aromatic rings. The van der Waals surface area contributed by atoms with Crippen molar-refractivity contribution < 1.29 is 23.1 Å². The molecule has 4 aromatic carbocycles. The quantitative estimate of drug-likeness (QED) is 0.239. The van der Waals surface area contributed by atoms with Crippen LogP contribution in [-0.4, -0.2) is 62.7 Å². The van der Waals surface area contributed by atoms with E-state index in [1.165, 1.54) is 34.8 Å². The number of sulfonamides is 1. The standard InChI is InChI=1S/C33H38N2O5S/c1-23-17-28(15-16-31(23)32(37)40-5)27-11-8-12-30(19-27)41(38,39)35(4)22-29(36)21-34-33(2,3)20-24-13-14-25-9-6-7-10-26(25)18-24/h6-19,29,34,36H,20-22H2,1-5H3/t29-/m0/s1. The molecular weight excluding hydrogens is 536 g/mol. The van der Waals surface area contributed by atoms with Gasteiger partial charge in [-0.3, -0.25) is 0 Å². The van der Waals surface area contributed by atoms with Crippen LogP contribution in [0.5, 0.6) is 0 Å². The number of ether oxygens (including phenoxy) is 1. The molecule has 0 unspecified atom stereocenters. The first-order valence-electron chi connectivity index (χ1n) is 13.6. The number of esters is 1. The number of nitrogens with one attached hydrogen (secondary N) is 1. The number of benzene rings is 4. The number of methoxy groups -OCH3 is 1. The van der Waals surface area contributed by atoms with Crippen molar-refractivity contribution in [2.24, 2.45) is 0 Å². The number of carbonyl (C=O) groups excluding carboxylic acids is 1. The van der Waals surface area contributed by atoms with Crippen molar-refractivity contribution in [2.45, 2.75) is 43.7 Å². The average molecular weight is 575 g/mol. The zero-order valence-corrected chi connectivity index (χ0v) is 25.0. The van der Waals surface area contributed by atoms with E-state index in [0.717, 1.165) is 17.5 Å². The highest BCUT2D eigenvalue weighted by Gasteiger charge is 2.25. The molecule has 8 heteroatoms. The Morgan fingerprint density at radius 3 is 2.37 bits per heavy atom. The van der Waals surface area contributed by atoms with Gasteiger partial charge in [-0.15, -0.1) is 0 Å². The van der Waals surface area contributed by atoms with Gasteiger partial charge in [-0.05, 0) is 78.4 Å². The fraction of sp³-hybridized carbons (Fsp3) is 0.303. The van der Waals surface area contributed by atoms with Crippen LogP contribution in [-0.2, 0) is 21.2 Å². The second-order valence-corrected chi connectivity index (χ2v) is 13.2. The monoisotopic (exact) mass is 574 g/mol. The molecule has 216 valence electrons. The number of hydrogen-bond acceptors (Lipinski definition) is 6. The molecule has 0 aliphatic heterocycles. The molecule has 0 saturated carbocycles. The Morgan fingerprint density at radius 2 is 1.66 bits per heavy atom. The van der Waals surface area contributed by atoms with E-state index in [-0.39, 0.29) is 23.5 Å². The minimum absolute atomic E-state index is 0.0570. The van der Waals surface area contributed by atoms with Gasteiger partial charge < -0.3 is 15.2 Å². The summed E-state index contributed by atoms with van der Waals surface area (Å²) in [6.45, 7) is 6.13. The number of aliphatic hydroxyl groups excluding tert-OH is 1. The minimum Gasteiger partial charge on any atom is -0.465 e.